The second-order valence-electron chi connectivity index (χ2n) is 6.97. The van der Waals surface area contributed by atoms with Gasteiger partial charge in [-0.25, -0.2) is 0 Å². The van der Waals surface area contributed by atoms with Crippen molar-refractivity contribution in [1.82, 2.24) is 10.6 Å². The van der Waals surface area contributed by atoms with Crippen LogP contribution in [0.15, 0.2) is 24.3 Å². The second-order valence-corrected chi connectivity index (χ2v) is 6.97. The van der Waals surface area contributed by atoms with Crippen LogP contribution < -0.4 is 10.6 Å². The number of nitrogens with one attached hydrogen (secondary N) is 2. The number of rotatable bonds is 6. The van der Waals surface area contributed by atoms with Crippen molar-refractivity contribution in [2.24, 2.45) is 5.41 Å². The van der Waals surface area contributed by atoms with Gasteiger partial charge in [-0.1, -0.05) is 24.3 Å². The van der Waals surface area contributed by atoms with Gasteiger partial charge in [0.15, 0.2) is 0 Å². The van der Waals surface area contributed by atoms with Gasteiger partial charge in [0.05, 0.1) is 25.7 Å². The van der Waals surface area contributed by atoms with Gasteiger partial charge in [0.2, 0.25) is 5.91 Å². The van der Waals surface area contributed by atoms with Gasteiger partial charge in [-0.15, -0.1) is 0 Å². The van der Waals surface area contributed by atoms with Crippen LogP contribution in [0.5, 0.6) is 0 Å². The smallest absolute Gasteiger partial charge is 0.222 e. The summed E-state index contributed by atoms with van der Waals surface area (Å²) in [4.78, 5) is 12.5. The largest absolute Gasteiger partial charge is 0.384 e. The van der Waals surface area contributed by atoms with Crippen molar-refractivity contribution in [3.8, 4) is 0 Å². The highest BCUT2D eigenvalue weighted by atomic mass is 16.5. The molecule has 0 bridgehead atoms. The zero-order valence-corrected chi connectivity index (χ0v) is 14.5. The van der Waals surface area contributed by atoms with E-state index in [2.05, 4.69) is 22.8 Å². The highest BCUT2D eigenvalue weighted by molar-refractivity contribution is 5.76. The summed E-state index contributed by atoms with van der Waals surface area (Å²) >= 11 is 0. The lowest BCUT2D eigenvalue weighted by Crippen LogP contribution is -2.47. The zero-order chi connectivity index (χ0) is 16.8. The van der Waals surface area contributed by atoms with Gasteiger partial charge in [0.25, 0.3) is 0 Å². The molecule has 132 valence electrons. The summed E-state index contributed by atoms with van der Waals surface area (Å²) in [5.74, 6) is 0.0608. The summed E-state index contributed by atoms with van der Waals surface area (Å²) in [6.45, 7) is 4.03. The normalized spacial score (nSPS) is 22.6. The Balaban J connectivity index is 1.56. The standard InChI is InChI=1S/C19H28N2O3/c1-23-14-19(7-9-20-10-8-19)13-21-18(22)12-17-16-5-3-2-4-15(16)6-11-24-17/h2-5,17,20H,6-14H2,1H3,(H,21,22). The summed E-state index contributed by atoms with van der Waals surface area (Å²) in [5.41, 5.74) is 2.52. The third-order valence-electron chi connectivity index (χ3n) is 5.24. The maximum absolute atomic E-state index is 12.5. The molecule has 2 aliphatic heterocycles. The van der Waals surface area contributed by atoms with Crippen molar-refractivity contribution >= 4 is 5.91 Å². The molecule has 0 radical (unpaired) electrons. The molecule has 3 rings (SSSR count). The predicted molar refractivity (Wildman–Crippen MR) is 92.9 cm³/mol. The fraction of sp³-hybridized carbons (Fsp3) is 0.632. The SMILES string of the molecule is COCC1(CNC(=O)CC2OCCc3ccccc32)CCNCC1. The first-order chi connectivity index (χ1) is 11.7. The predicted octanol–water partition coefficient (Wildman–Crippen LogP) is 1.82. The molecule has 1 unspecified atom stereocenters. The number of ether oxygens (including phenoxy) is 2. The lowest BCUT2D eigenvalue weighted by Gasteiger charge is -2.37. The molecule has 0 spiro atoms. The van der Waals surface area contributed by atoms with E-state index in [9.17, 15) is 4.79 Å². The first-order valence-corrected chi connectivity index (χ1v) is 8.88. The third kappa shape index (κ3) is 4.15. The minimum Gasteiger partial charge on any atom is -0.384 e. The number of piperidine rings is 1. The Kier molecular flexibility index (Phi) is 5.87. The summed E-state index contributed by atoms with van der Waals surface area (Å²) < 4.78 is 11.3. The summed E-state index contributed by atoms with van der Waals surface area (Å²) in [5, 5.41) is 6.50. The molecule has 24 heavy (non-hydrogen) atoms. The Morgan fingerprint density at radius 2 is 2.17 bits per heavy atom. The Labute approximate surface area is 144 Å². The molecule has 1 fully saturated rings. The number of methoxy groups -OCH3 is 1. The van der Waals surface area contributed by atoms with E-state index < -0.39 is 0 Å². The first kappa shape index (κ1) is 17.4. The van der Waals surface area contributed by atoms with Gasteiger partial charge in [0.1, 0.15) is 0 Å². The van der Waals surface area contributed by atoms with E-state index in [1.54, 1.807) is 7.11 Å². The topological polar surface area (TPSA) is 59.6 Å². The van der Waals surface area contributed by atoms with Crippen LogP contribution in [-0.2, 0) is 20.7 Å². The molecule has 0 saturated carbocycles. The molecule has 2 heterocycles. The second kappa shape index (κ2) is 8.10. The number of fused-ring (bicyclic) bond motifs is 1. The quantitative estimate of drug-likeness (QED) is 0.834. The molecule has 1 aromatic carbocycles. The van der Waals surface area contributed by atoms with Gasteiger partial charge in [-0.3, -0.25) is 4.79 Å². The maximum Gasteiger partial charge on any atom is 0.222 e. The molecule has 0 aliphatic carbocycles. The van der Waals surface area contributed by atoms with Crippen molar-refractivity contribution in [2.75, 3.05) is 40.0 Å². The van der Waals surface area contributed by atoms with Crippen LogP contribution in [-0.4, -0.2) is 45.9 Å². The first-order valence-electron chi connectivity index (χ1n) is 8.88. The minimum atomic E-state index is -0.124. The van der Waals surface area contributed by atoms with Gasteiger partial charge < -0.3 is 20.1 Å². The molecule has 1 amide bonds. The molecular formula is C19H28N2O3. The Morgan fingerprint density at radius 1 is 1.38 bits per heavy atom. The van der Waals surface area contributed by atoms with Crippen molar-refractivity contribution in [2.45, 2.75) is 31.8 Å². The van der Waals surface area contributed by atoms with E-state index in [1.165, 1.54) is 5.56 Å². The Hall–Kier alpha value is -1.43. The summed E-state index contributed by atoms with van der Waals surface area (Å²) in [6.07, 6.45) is 3.26. The molecule has 1 aromatic rings. The van der Waals surface area contributed by atoms with Crippen LogP contribution in [0.4, 0.5) is 0 Å². The van der Waals surface area contributed by atoms with E-state index in [0.717, 1.165) is 37.9 Å². The molecule has 2 N–H and O–H groups in total. The van der Waals surface area contributed by atoms with Crippen LogP contribution in [0.1, 0.15) is 36.5 Å². The van der Waals surface area contributed by atoms with Crippen LogP contribution in [0.25, 0.3) is 0 Å². The molecule has 5 heteroatoms. The van der Waals surface area contributed by atoms with Gasteiger partial charge in [-0.2, -0.15) is 0 Å². The molecule has 0 aromatic heterocycles. The number of benzene rings is 1. The average molecular weight is 332 g/mol. The average Bonchev–Trinajstić information content (AvgIpc) is 2.62. The van der Waals surface area contributed by atoms with Crippen LogP contribution in [0, 0.1) is 5.41 Å². The lowest BCUT2D eigenvalue weighted by atomic mass is 9.79. The van der Waals surface area contributed by atoms with E-state index in [-0.39, 0.29) is 17.4 Å². The number of carbonyl (C=O) groups is 1. The van der Waals surface area contributed by atoms with Crippen LogP contribution in [0.2, 0.25) is 0 Å². The summed E-state index contributed by atoms with van der Waals surface area (Å²) in [6, 6.07) is 8.27. The number of hydrogen-bond acceptors (Lipinski definition) is 4. The minimum absolute atomic E-state index is 0.0565. The van der Waals surface area contributed by atoms with Crippen LogP contribution in [0.3, 0.4) is 0 Å². The van der Waals surface area contributed by atoms with E-state index in [0.29, 0.717) is 26.2 Å². The fourth-order valence-corrected chi connectivity index (χ4v) is 3.81. The summed E-state index contributed by atoms with van der Waals surface area (Å²) in [7, 11) is 1.73. The fourth-order valence-electron chi connectivity index (χ4n) is 3.81. The maximum atomic E-state index is 12.5. The molecular weight excluding hydrogens is 304 g/mol. The van der Waals surface area contributed by atoms with Gasteiger partial charge in [-0.05, 0) is 43.5 Å². The zero-order valence-electron chi connectivity index (χ0n) is 14.5. The molecule has 5 nitrogen and oxygen atoms in total. The highest BCUT2D eigenvalue weighted by Gasteiger charge is 2.33. The van der Waals surface area contributed by atoms with Crippen molar-refractivity contribution < 1.29 is 14.3 Å². The number of carbonyl (C=O) groups excluding carboxylic acids is 1. The molecule has 2 aliphatic rings. The third-order valence-corrected chi connectivity index (χ3v) is 5.24. The highest BCUT2D eigenvalue weighted by Crippen LogP contribution is 2.30. The molecule has 1 atom stereocenters. The monoisotopic (exact) mass is 332 g/mol. The molecule has 1 saturated heterocycles. The van der Waals surface area contributed by atoms with Crippen LogP contribution >= 0.6 is 0 Å². The van der Waals surface area contributed by atoms with Gasteiger partial charge in [0, 0.05) is 19.1 Å². The van der Waals surface area contributed by atoms with Crippen molar-refractivity contribution in [3.05, 3.63) is 35.4 Å². The van der Waals surface area contributed by atoms with Gasteiger partial charge >= 0.3 is 0 Å². The lowest BCUT2D eigenvalue weighted by molar-refractivity contribution is -0.125. The Morgan fingerprint density at radius 3 is 2.96 bits per heavy atom. The Bertz CT molecular complexity index is 550. The number of amides is 1. The van der Waals surface area contributed by atoms with Crippen molar-refractivity contribution in [3.63, 3.8) is 0 Å². The number of hydrogen-bond donors (Lipinski definition) is 2. The van der Waals surface area contributed by atoms with Crippen molar-refractivity contribution in [1.29, 1.82) is 0 Å². The van der Waals surface area contributed by atoms with E-state index >= 15 is 0 Å². The van der Waals surface area contributed by atoms with E-state index in [1.807, 2.05) is 12.1 Å². The van der Waals surface area contributed by atoms with E-state index in [4.69, 9.17) is 9.47 Å².